The number of fused-ring (bicyclic) bond motifs is 1. The Kier molecular flexibility index (Phi) is 4.57. The Hall–Kier alpha value is -1.78. The van der Waals surface area contributed by atoms with Crippen LogP contribution < -0.4 is 4.90 Å². The average Bonchev–Trinajstić information content (AvgIpc) is 3.12. The van der Waals surface area contributed by atoms with E-state index in [0.29, 0.717) is 31.4 Å². The largest absolute Gasteiger partial charge is 0.338 e. The van der Waals surface area contributed by atoms with Crippen LogP contribution >= 0.6 is 11.6 Å². The fraction of sp³-hybridized carbons (Fsp3) is 0.706. The third kappa shape index (κ3) is 3.21. The van der Waals surface area contributed by atoms with E-state index < -0.39 is 0 Å². The minimum Gasteiger partial charge on any atom is -0.338 e. The van der Waals surface area contributed by atoms with E-state index in [0.717, 1.165) is 44.5 Å². The highest BCUT2D eigenvalue weighted by atomic mass is 35.5. The molecule has 0 radical (unpaired) electrons. The molecule has 7 nitrogen and oxygen atoms in total. The number of alkyl halides is 1. The number of piperazine rings is 2. The first-order chi connectivity index (χ1) is 12.2. The van der Waals surface area contributed by atoms with Gasteiger partial charge in [0, 0.05) is 43.5 Å². The number of amides is 1. The molecule has 3 heterocycles. The van der Waals surface area contributed by atoms with Crippen LogP contribution in [0.3, 0.4) is 0 Å². The third-order valence-corrected chi connectivity index (χ3v) is 6.00. The van der Waals surface area contributed by atoms with Gasteiger partial charge in [-0.15, -0.1) is 11.6 Å². The summed E-state index contributed by atoms with van der Waals surface area (Å²) in [6.45, 7) is 3.27. The molecule has 2 unspecified atom stereocenters. The lowest BCUT2D eigenvalue weighted by atomic mass is 9.87. The number of aromatic nitrogens is 1. The van der Waals surface area contributed by atoms with Crippen molar-refractivity contribution in [2.75, 3.05) is 37.6 Å². The van der Waals surface area contributed by atoms with Gasteiger partial charge < -0.3 is 9.42 Å². The molecule has 0 N–H and O–H groups in total. The molecular formula is C17H22ClN5O2. The van der Waals surface area contributed by atoms with E-state index in [1.807, 2.05) is 6.07 Å². The van der Waals surface area contributed by atoms with Gasteiger partial charge in [-0.3, -0.25) is 14.6 Å². The van der Waals surface area contributed by atoms with Gasteiger partial charge in [-0.05, 0) is 19.3 Å². The molecule has 0 aromatic carbocycles. The number of hydrogen-bond donors (Lipinski definition) is 0. The number of anilines is 1. The summed E-state index contributed by atoms with van der Waals surface area (Å²) in [6, 6.07) is 1.62. The smallest absolute Gasteiger partial charge is 0.248 e. The SMILES string of the molecule is N#CN1CCN2CCN(c3cc(C4CCCC(Cl)C4)no3)C(=O)[C@H]2C1. The Bertz CT molecular complexity index is 687. The van der Waals surface area contributed by atoms with Gasteiger partial charge in [0.15, 0.2) is 6.19 Å². The van der Waals surface area contributed by atoms with Crippen molar-refractivity contribution in [1.29, 1.82) is 5.26 Å². The van der Waals surface area contributed by atoms with Crippen LogP contribution in [0.1, 0.15) is 37.3 Å². The van der Waals surface area contributed by atoms with Gasteiger partial charge in [0.25, 0.3) is 0 Å². The molecule has 1 saturated carbocycles. The van der Waals surface area contributed by atoms with Crippen molar-refractivity contribution in [1.82, 2.24) is 15.0 Å². The summed E-state index contributed by atoms with van der Waals surface area (Å²) in [7, 11) is 0. The first kappa shape index (κ1) is 16.7. The monoisotopic (exact) mass is 363 g/mol. The Balaban J connectivity index is 1.49. The molecule has 0 bridgehead atoms. The zero-order valence-electron chi connectivity index (χ0n) is 14.1. The van der Waals surface area contributed by atoms with Crippen molar-refractivity contribution in [3.05, 3.63) is 11.8 Å². The minimum absolute atomic E-state index is 0.00670. The summed E-state index contributed by atoms with van der Waals surface area (Å²) in [5.74, 6) is 0.826. The number of carbonyl (C=O) groups is 1. The maximum atomic E-state index is 12.9. The molecule has 1 amide bonds. The predicted molar refractivity (Wildman–Crippen MR) is 92.3 cm³/mol. The third-order valence-electron chi connectivity index (χ3n) is 5.61. The molecule has 25 heavy (non-hydrogen) atoms. The van der Waals surface area contributed by atoms with Gasteiger partial charge >= 0.3 is 0 Å². The summed E-state index contributed by atoms with van der Waals surface area (Å²) >= 11 is 6.28. The van der Waals surface area contributed by atoms with Gasteiger partial charge in [-0.25, -0.2) is 0 Å². The van der Waals surface area contributed by atoms with Crippen molar-refractivity contribution in [3.8, 4) is 6.19 Å². The van der Waals surface area contributed by atoms with Crippen molar-refractivity contribution in [3.63, 3.8) is 0 Å². The number of carbonyl (C=O) groups excluding carboxylic acids is 1. The molecule has 1 aromatic rings. The van der Waals surface area contributed by atoms with Crippen LogP contribution in [-0.4, -0.2) is 65.0 Å². The van der Waals surface area contributed by atoms with Crippen molar-refractivity contribution < 1.29 is 9.32 Å². The normalized spacial score (nSPS) is 30.9. The maximum absolute atomic E-state index is 12.9. The molecule has 3 atom stereocenters. The molecule has 1 aromatic heterocycles. The van der Waals surface area contributed by atoms with E-state index in [4.69, 9.17) is 21.4 Å². The van der Waals surface area contributed by atoms with Gasteiger partial charge in [0.1, 0.15) is 6.04 Å². The number of halogens is 1. The van der Waals surface area contributed by atoms with Crippen LogP contribution in [0, 0.1) is 11.5 Å². The molecule has 1 aliphatic carbocycles. The van der Waals surface area contributed by atoms with E-state index in [2.05, 4.69) is 16.2 Å². The number of rotatable bonds is 2. The summed E-state index contributed by atoms with van der Waals surface area (Å²) in [6.07, 6.45) is 6.29. The van der Waals surface area contributed by atoms with E-state index >= 15 is 0 Å². The standard InChI is InChI=1S/C17H22ClN5O2/c18-13-3-1-2-12(8-13)14-9-16(25-20-14)23-7-6-22-5-4-21(11-19)10-15(22)17(23)24/h9,12-13,15H,1-8,10H2/t12?,13?,15-/m1/s1. The summed E-state index contributed by atoms with van der Waals surface area (Å²) in [4.78, 5) is 18.4. The fourth-order valence-corrected chi connectivity index (χ4v) is 4.52. The van der Waals surface area contributed by atoms with Crippen LogP contribution in [0.2, 0.25) is 0 Å². The van der Waals surface area contributed by atoms with E-state index in [9.17, 15) is 4.79 Å². The fourth-order valence-electron chi connectivity index (χ4n) is 4.15. The molecule has 134 valence electrons. The summed E-state index contributed by atoms with van der Waals surface area (Å²) in [5.41, 5.74) is 0.901. The van der Waals surface area contributed by atoms with Crippen LogP contribution in [0.15, 0.2) is 10.6 Å². The number of nitrogens with zero attached hydrogens (tertiary/aromatic N) is 5. The van der Waals surface area contributed by atoms with Gasteiger partial charge in [0.05, 0.1) is 12.2 Å². The Morgan fingerprint density at radius 2 is 2.12 bits per heavy atom. The molecule has 4 rings (SSSR count). The van der Waals surface area contributed by atoms with Crippen molar-refractivity contribution >= 4 is 23.4 Å². The van der Waals surface area contributed by atoms with Gasteiger partial charge in [-0.2, -0.15) is 5.26 Å². The average molecular weight is 364 g/mol. The van der Waals surface area contributed by atoms with Crippen molar-refractivity contribution in [2.45, 2.75) is 43.0 Å². The summed E-state index contributed by atoms with van der Waals surface area (Å²) in [5, 5.41) is 13.5. The molecule has 3 aliphatic rings. The van der Waals surface area contributed by atoms with Gasteiger partial charge in [-0.1, -0.05) is 11.6 Å². The van der Waals surface area contributed by atoms with Crippen molar-refractivity contribution in [2.24, 2.45) is 0 Å². The first-order valence-corrected chi connectivity index (χ1v) is 9.40. The molecule has 3 fully saturated rings. The predicted octanol–water partition coefficient (Wildman–Crippen LogP) is 1.75. The van der Waals surface area contributed by atoms with Crippen LogP contribution in [0.25, 0.3) is 0 Å². The lowest BCUT2D eigenvalue weighted by molar-refractivity contribution is -0.128. The highest BCUT2D eigenvalue weighted by Gasteiger charge is 2.40. The topological polar surface area (TPSA) is 76.6 Å². The molecule has 2 saturated heterocycles. The lowest BCUT2D eigenvalue weighted by Gasteiger charge is -2.44. The Morgan fingerprint density at radius 1 is 1.28 bits per heavy atom. The zero-order valence-corrected chi connectivity index (χ0v) is 14.9. The molecule has 2 aliphatic heterocycles. The Morgan fingerprint density at radius 3 is 2.92 bits per heavy atom. The highest BCUT2D eigenvalue weighted by molar-refractivity contribution is 6.20. The quantitative estimate of drug-likeness (QED) is 0.588. The highest BCUT2D eigenvalue weighted by Crippen LogP contribution is 2.36. The van der Waals surface area contributed by atoms with Crippen LogP contribution in [-0.2, 0) is 4.79 Å². The van der Waals surface area contributed by atoms with Crippen LogP contribution in [0.5, 0.6) is 0 Å². The second-order valence-corrected chi connectivity index (χ2v) is 7.76. The first-order valence-electron chi connectivity index (χ1n) is 8.96. The van der Waals surface area contributed by atoms with Crippen LogP contribution in [0.4, 0.5) is 5.88 Å². The zero-order chi connectivity index (χ0) is 17.4. The second-order valence-electron chi connectivity index (χ2n) is 7.14. The Labute approximate surface area is 152 Å². The van der Waals surface area contributed by atoms with E-state index in [1.165, 1.54) is 0 Å². The number of nitriles is 1. The number of hydrogen-bond acceptors (Lipinski definition) is 6. The van der Waals surface area contributed by atoms with E-state index in [-0.39, 0.29) is 17.3 Å². The summed E-state index contributed by atoms with van der Waals surface area (Å²) < 4.78 is 5.51. The van der Waals surface area contributed by atoms with Gasteiger partial charge in [0.2, 0.25) is 11.8 Å². The second kappa shape index (κ2) is 6.85. The molecular weight excluding hydrogens is 342 g/mol. The molecule has 8 heteroatoms. The lowest BCUT2D eigenvalue weighted by Crippen LogP contribution is -2.64. The minimum atomic E-state index is -0.280. The molecule has 0 spiro atoms. The van der Waals surface area contributed by atoms with E-state index in [1.54, 1.807) is 9.80 Å². The maximum Gasteiger partial charge on any atom is 0.248 e.